The molecule has 0 heterocycles. The average molecular weight is 227 g/mol. The quantitative estimate of drug-likeness (QED) is 0.608. The molecule has 86 valence electrons. The fraction of sp³-hybridized carbons (Fsp3) is 0.0667. The molecule has 2 heteroatoms. The lowest BCUT2D eigenvalue weighted by Gasteiger charge is -2.02. The van der Waals surface area contributed by atoms with Crippen molar-refractivity contribution >= 4 is 17.6 Å². The predicted octanol–water partition coefficient (Wildman–Crippen LogP) is 4.04. The smallest absolute Gasteiger partial charge is 0.131 e. The van der Waals surface area contributed by atoms with E-state index in [-0.39, 0.29) is 5.83 Å². The minimum atomic E-state index is -0.256. The minimum absolute atomic E-state index is 0.256. The summed E-state index contributed by atoms with van der Waals surface area (Å²) in [5.41, 5.74) is 8.81. The molecule has 0 aliphatic rings. The van der Waals surface area contributed by atoms with E-state index in [1.807, 2.05) is 37.3 Å². The van der Waals surface area contributed by atoms with E-state index in [0.717, 1.165) is 11.1 Å². The highest BCUT2D eigenvalue weighted by atomic mass is 19.1. The third kappa shape index (κ3) is 2.72. The Kier molecular flexibility index (Phi) is 3.24. The van der Waals surface area contributed by atoms with Gasteiger partial charge in [0.05, 0.1) is 0 Å². The molecule has 2 rings (SSSR count). The lowest BCUT2D eigenvalue weighted by Crippen LogP contribution is -1.89. The van der Waals surface area contributed by atoms with Crippen LogP contribution in [0.1, 0.15) is 16.7 Å². The van der Waals surface area contributed by atoms with E-state index in [0.29, 0.717) is 11.3 Å². The van der Waals surface area contributed by atoms with E-state index in [1.165, 1.54) is 6.08 Å². The number of nitrogen functional groups attached to an aromatic ring is 1. The zero-order valence-corrected chi connectivity index (χ0v) is 9.65. The predicted molar refractivity (Wildman–Crippen MR) is 71.0 cm³/mol. The summed E-state index contributed by atoms with van der Waals surface area (Å²) in [6.07, 6.45) is 1.49. The number of benzene rings is 2. The highest BCUT2D eigenvalue weighted by molar-refractivity contribution is 5.77. The van der Waals surface area contributed by atoms with Crippen molar-refractivity contribution in [3.63, 3.8) is 0 Å². The van der Waals surface area contributed by atoms with Gasteiger partial charge in [0.25, 0.3) is 0 Å². The Bertz CT molecular complexity index is 544. The molecule has 17 heavy (non-hydrogen) atoms. The Balaban J connectivity index is 2.33. The van der Waals surface area contributed by atoms with Crippen LogP contribution >= 0.6 is 0 Å². The maximum atomic E-state index is 13.9. The van der Waals surface area contributed by atoms with Gasteiger partial charge in [-0.1, -0.05) is 42.5 Å². The average Bonchev–Trinajstić information content (AvgIpc) is 2.35. The largest absolute Gasteiger partial charge is 0.398 e. The van der Waals surface area contributed by atoms with Gasteiger partial charge in [-0.15, -0.1) is 0 Å². The highest BCUT2D eigenvalue weighted by Gasteiger charge is 2.00. The summed E-state index contributed by atoms with van der Waals surface area (Å²) in [6.45, 7) is 1.93. The number of rotatable bonds is 2. The van der Waals surface area contributed by atoms with Gasteiger partial charge in [-0.2, -0.15) is 0 Å². The molecular weight excluding hydrogens is 213 g/mol. The van der Waals surface area contributed by atoms with Crippen molar-refractivity contribution in [1.29, 1.82) is 0 Å². The molecule has 0 radical (unpaired) electrons. The number of aryl methyl sites for hydroxylation is 1. The first-order valence-electron chi connectivity index (χ1n) is 5.45. The summed E-state index contributed by atoms with van der Waals surface area (Å²) < 4.78 is 13.9. The van der Waals surface area contributed by atoms with Crippen LogP contribution in [0.3, 0.4) is 0 Å². The van der Waals surface area contributed by atoms with E-state index in [9.17, 15) is 4.39 Å². The lowest BCUT2D eigenvalue weighted by molar-refractivity contribution is 0.765. The lowest BCUT2D eigenvalue weighted by atomic mass is 10.1. The fourth-order valence-electron chi connectivity index (χ4n) is 1.58. The SMILES string of the molecule is Cc1ccc(/C=C(\F)c2ccccc2)cc1N. The molecule has 2 aromatic rings. The van der Waals surface area contributed by atoms with Gasteiger partial charge < -0.3 is 5.73 Å². The van der Waals surface area contributed by atoms with Crippen molar-refractivity contribution < 1.29 is 4.39 Å². The summed E-state index contributed by atoms with van der Waals surface area (Å²) in [7, 11) is 0. The van der Waals surface area contributed by atoms with Crippen molar-refractivity contribution in [3.8, 4) is 0 Å². The second-order valence-corrected chi connectivity index (χ2v) is 3.97. The van der Waals surface area contributed by atoms with Crippen molar-refractivity contribution in [3.05, 3.63) is 65.2 Å². The van der Waals surface area contributed by atoms with Gasteiger partial charge in [0.1, 0.15) is 5.83 Å². The van der Waals surface area contributed by atoms with Crippen LogP contribution in [-0.2, 0) is 0 Å². The Morgan fingerprint density at radius 3 is 2.47 bits per heavy atom. The van der Waals surface area contributed by atoms with Gasteiger partial charge in [-0.3, -0.25) is 0 Å². The first-order valence-corrected chi connectivity index (χ1v) is 5.45. The van der Waals surface area contributed by atoms with E-state index in [1.54, 1.807) is 18.2 Å². The molecule has 0 fully saturated rings. The zero-order valence-electron chi connectivity index (χ0n) is 9.65. The summed E-state index contributed by atoms with van der Waals surface area (Å²) >= 11 is 0. The molecule has 0 spiro atoms. The van der Waals surface area contributed by atoms with E-state index in [2.05, 4.69) is 0 Å². The molecule has 0 bridgehead atoms. The van der Waals surface area contributed by atoms with Crippen LogP contribution in [-0.4, -0.2) is 0 Å². The van der Waals surface area contributed by atoms with E-state index in [4.69, 9.17) is 5.73 Å². The van der Waals surface area contributed by atoms with Crippen LogP contribution in [0.2, 0.25) is 0 Å². The third-order valence-electron chi connectivity index (χ3n) is 2.65. The van der Waals surface area contributed by atoms with Gasteiger partial charge in [0.15, 0.2) is 0 Å². The molecule has 0 aromatic heterocycles. The van der Waals surface area contributed by atoms with Gasteiger partial charge in [0, 0.05) is 11.3 Å². The van der Waals surface area contributed by atoms with Crippen LogP contribution < -0.4 is 5.73 Å². The Labute approximate surface area is 100 Å². The van der Waals surface area contributed by atoms with Crippen LogP contribution in [0.25, 0.3) is 11.9 Å². The highest BCUT2D eigenvalue weighted by Crippen LogP contribution is 2.21. The third-order valence-corrected chi connectivity index (χ3v) is 2.65. The Morgan fingerprint density at radius 2 is 1.82 bits per heavy atom. The van der Waals surface area contributed by atoms with Crippen LogP contribution in [0.15, 0.2) is 48.5 Å². The Hall–Kier alpha value is -2.09. The number of hydrogen-bond donors (Lipinski definition) is 1. The number of anilines is 1. The standard InChI is InChI=1S/C15H14FN/c1-11-7-8-12(10-15(11)17)9-14(16)13-5-3-2-4-6-13/h2-10H,17H2,1H3/b14-9-. The Morgan fingerprint density at radius 1 is 1.12 bits per heavy atom. The van der Waals surface area contributed by atoms with Gasteiger partial charge >= 0.3 is 0 Å². The van der Waals surface area contributed by atoms with Gasteiger partial charge in [-0.25, -0.2) is 4.39 Å². The van der Waals surface area contributed by atoms with Crippen LogP contribution in [0.4, 0.5) is 10.1 Å². The molecule has 0 unspecified atom stereocenters. The van der Waals surface area contributed by atoms with E-state index < -0.39 is 0 Å². The maximum absolute atomic E-state index is 13.9. The molecule has 0 saturated carbocycles. The van der Waals surface area contributed by atoms with Gasteiger partial charge in [0.2, 0.25) is 0 Å². The molecule has 1 nitrogen and oxygen atoms in total. The number of halogens is 1. The topological polar surface area (TPSA) is 26.0 Å². The molecule has 2 aromatic carbocycles. The molecule has 0 aliphatic carbocycles. The van der Waals surface area contributed by atoms with Crippen molar-refractivity contribution in [2.45, 2.75) is 6.92 Å². The van der Waals surface area contributed by atoms with Crippen molar-refractivity contribution in [1.82, 2.24) is 0 Å². The monoisotopic (exact) mass is 227 g/mol. The zero-order chi connectivity index (χ0) is 12.3. The second-order valence-electron chi connectivity index (χ2n) is 3.97. The van der Waals surface area contributed by atoms with E-state index >= 15 is 0 Å². The fourth-order valence-corrected chi connectivity index (χ4v) is 1.58. The first-order chi connectivity index (χ1) is 8.16. The summed E-state index contributed by atoms with van der Waals surface area (Å²) in [4.78, 5) is 0. The first kappa shape index (κ1) is 11.4. The van der Waals surface area contributed by atoms with Crippen LogP contribution in [0.5, 0.6) is 0 Å². The minimum Gasteiger partial charge on any atom is -0.398 e. The molecule has 0 saturated heterocycles. The van der Waals surface area contributed by atoms with Crippen molar-refractivity contribution in [2.75, 3.05) is 5.73 Å². The van der Waals surface area contributed by atoms with Crippen molar-refractivity contribution in [2.24, 2.45) is 0 Å². The molecule has 0 atom stereocenters. The molecule has 0 aliphatic heterocycles. The molecule has 2 N–H and O–H groups in total. The second kappa shape index (κ2) is 4.83. The number of hydrogen-bond acceptors (Lipinski definition) is 1. The maximum Gasteiger partial charge on any atom is 0.131 e. The molecule has 0 amide bonds. The summed E-state index contributed by atoms with van der Waals surface area (Å²) in [5, 5.41) is 0. The number of nitrogens with two attached hydrogens (primary N) is 1. The van der Waals surface area contributed by atoms with Gasteiger partial charge in [-0.05, 0) is 30.2 Å². The van der Waals surface area contributed by atoms with Crippen LogP contribution in [0, 0.1) is 6.92 Å². The molecular formula is C15H14FN. The normalized spacial score (nSPS) is 11.5. The summed E-state index contributed by atoms with van der Waals surface area (Å²) in [6, 6.07) is 14.5. The summed E-state index contributed by atoms with van der Waals surface area (Å²) in [5.74, 6) is -0.256.